The molecule has 2 aromatic carbocycles. The van der Waals surface area contributed by atoms with Crippen molar-refractivity contribution >= 4 is 39.5 Å². The topological polar surface area (TPSA) is 98.1 Å². The van der Waals surface area contributed by atoms with Crippen LogP contribution in [0.5, 0.6) is 11.5 Å². The number of likely N-dealkylation sites (tertiary alicyclic amines) is 1. The summed E-state index contributed by atoms with van der Waals surface area (Å²) in [7, 11) is 1.93. The Kier molecular flexibility index (Phi) is 5.92. The number of aryl methyl sites for hydroxylation is 2. The number of ether oxygens (including phenoxy) is 1. The summed E-state index contributed by atoms with van der Waals surface area (Å²) in [5.74, 6) is 1.52. The minimum atomic E-state index is -0.479. The van der Waals surface area contributed by atoms with Crippen molar-refractivity contribution < 1.29 is 13.9 Å². The molecule has 0 radical (unpaired) electrons. The van der Waals surface area contributed by atoms with E-state index in [1.54, 1.807) is 12.4 Å². The summed E-state index contributed by atoms with van der Waals surface area (Å²) in [6.45, 7) is 6.21. The first-order valence-corrected chi connectivity index (χ1v) is 13.6. The molecule has 206 valence electrons. The highest BCUT2D eigenvalue weighted by Gasteiger charge is 2.46. The number of carbonyl (C=O) groups excluding carboxylic acids is 1. The largest absolute Gasteiger partial charge is 0.457 e. The van der Waals surface area contributed by atoms with Gasteiger partial charge in [0.25, 0.3) is 0 Å². The Morgan fingerprint density at radius 1 is 1.12 bits per heavy atom. The van der Waals surface area contributed by atoms with Crippen LogP contribution in [0.4, 0.5) is 15.9 Å². The number of hydrogen-bond acceptors (Lipinski definition) is 7. The Balaban J connectivity index is 1.14. The van der Waals surface area contributed by atoms with E-state index in [4.69, 9.17) is 9.72 Å². The summed E-state index contributed by atoms with van der Waals surface area (Å²) in [5.41, 5.74) is 4.99. The Labute approximate surface area is 235 Å². The average Bonchev–Trinajstić information content (AvgIpc) is 3.70. The van der Waals surface area contributed by atoms with Gasteiger partial charge in [-0.05, 0) is 67.7 Å². The SMILES string of the molecule is C=CC(=O)N1C[C@@H]2C[C@H]1C[C@H]2c1ccc2ncnc(Nc3cc(C)c(Oc4ccc5c(c4)ncn5C)cc3F)c2n1. The van der Waals surface area contributed by atoms with Gasteiger partial charge in [-0.3, -0.25) is 4.79 Å². The van der Waals surface area contributed by atoms with Crippen molar-refractivity contribution in [2.24, 2.45) is 13.0 Å². The Morgan fingerprint density at radius 2 is 2.00 bits per heavy atom. The molecule has 3 atom stereocenters. The predicted octanol–water partition coefficient (Wildman–Crippen LogP) is 5.79. The van der Waals surface area contributed by atoms with Crippen molar-refractivity contribution in [3.05, 3.63) is 84.8 Å². The number of imidazole rings is 1. The fourth-order valence-electron chi connectivity index (χ4n) is 6.26. The van der Waals surface area contributed by atoms with Crippen molar-refractivity contribution in [1.82, 2.24) is 29.4 Å². The molecule has 0 spiro atoms. The molecule has 1 N–H and O–H groups in total. The molecular weight excluding hydrogens is 521 g/mol. The van der Waals surface area contributed by atoms with Gasteiger partial charge in [0.15, 0.2) is 5.82 Å². The molecule has 1 saturated heterocycles. The molecule has 1 amide bonds. The number of fused-ring (bicyclic) bond motifs is 4. The molecule has 3 aromatic heterocycles. The van der Waals surface area contributed by atoms with Crippen LogP contribution in [-0.2, 0) is 11.8 Å². The van der Waals surface area contributed by atoms with Crippen LogP contribution in [0.1, 0.15) is 30.0 Å². The highest BCUT2D eigenvalue weighted by Crippen LogP contribution is 2.47. The molecule has 1 aliphatic heterocycles. The van der Waals surface area contributed by atoms with Gasteiger partial charge in [0.05, 0.1) is 28.6 Å². The Morgan fingerprint density at radius 3 is 2.80 bits per heavy atom. The van der Waals surface area contributed by atoms with E-state index >= 15 is 4.39 Å². The Bertz CT molecular complexity index is 1850. The number of aromatic nitrogens is 5. The lowest BCUT2D eigenvalue weighted by Gasteiger charge is -2.30. The maximum Gasteiger partial charge on any atom is 0.246 e. The molecule has 0 unspecified atom stereocenters. The third-order valence-electron chi connectivity index (χ3n) is 8.33. The molecule has 5 aromatic rings. The number of hydrogen-bond donors (Lipinski definition) is 1. The van der Waals surface area contributed by atoms with Crippen LogP contribution in [-0.4, -0.2) is 47.9 Å². The molecule has 2 fully saturated rings. The van der Waals surface area contributed by atoms with E-state index < -0.39 is 5.82 Å². The van der Waals surface area contributed by atoms with E-state index in [2.05, 4.69) is 26.8 Å². The number of halogens is 1. The second-order valence-electron chi connectivity index (χ2n) is 10.8. The number of rotatable bonds is 6. The zero-order valence-electron chi connectivity index (χ0n) is 22.7. The lowest BCUT2D eigenvalue weighted by Crippen LogP contribution is -2.38. The lowest BCUT2D eigenvalue weighted by molar-refractivity contribution is -0.127. The average molecular weight is 550 g/mol. The number of pyridine rings is 1. The van der Waals surface area contributed by atoms with Crippen LogP contribution >= 0.6 is 0 Å². The Hall–Kier alpha value is -4.86. The van der Waals surface area contributed by atoms with Gasteiger partial charge in [0.2, 0.25) is 5.91 Å². The van der Waals surface area contributed by atoms with E-state index in [9.17, 15) is 4.79 Å². The molecule has 1 aliphatic carbocycles. The van der Waals surface area contributed by atoms with Crippen LogP contribution < -0.4 is 10.1 Å². The van der Waals surface area contributed by atoms with Gasteiger partial charge in [0.1, 0.15) is 29.2 Å². The van der Waals surface area contributed by atoms with E-state index in [0.717, 1.165) is 35.1 Å². The van der Waals surface area contributed by atoms with E-state index in [0.29, 0.717) is 40.8 Å². The number of benzene rings is 2. The molecule has 41 heavy (non-hydrogen) atoms. The number of amides is 1. The van der Waals surface area contributed by atoms with E-state index in [1.807, 2.05) is 53.8 Å². The van der Waals surface area contributed by atoms with Crippen LogP contribution in [0.2, 0.25) is 0 Å². The molecule has 1 saturated carbocycles. The number of piperidine rings is 1. The normalized spacial score (nSPS) is 19.7. The molecule has 7 rings (SSSR count). The van der Waals surface area contributed by atoms with Crippen molar-refractivity contribution in [2.75, 3.05) is 11.9 Å². The summed E-state index contributed by atoms with van der Waals surface area (Å²) in [4.78, 5) is 32.2. The van der Waals surface area contributed by atoms with Crippen molar-refractivity contribution in [2.45, 2.75) is 31.7 Å². The molecule has 4 heterocycles. The summed E-state index contributed by atoms with van der Waals surface area (Å²) >= 11 is 0. The third-order valence-corrected chi connectivity index (χ3v) is 8.33. The first kappa shape index (κ1) is 25.1. The second kappa shape index (κ2) is 9.65. The maximum atomic E-state index is 15.4. The number of carbonyl (C=O) groups is 1. The molecule has 9 nitrogen and oxygen atoms in total. The fourth-order valence-corrected chi connectivity index (χ4v) is 6.26. The first-order chi connectivity index (χ1) is 19.9. The van der Waals surface area contributed by atoms with E-state index in [1.165, 1.54) is 18.5 Å². The number of nitrogens with zero attached hydrogens (tertiary/aromatic N) is 6. The van der Waals surface area contributed by atoms with Gasteiger partial charge in [-0.15, -0.1) is 0 Å². The van der Waals surface area contributed by atoms with Crippen molar-refractivity contribution in [3.63, 3.8) is 0 Å². The quantitative estimate of drug-likeness (QED) is 0.268. The maximum absolute atomic E-state index is 15.4. The van der Waals surface area contributed by atoms with Gasteiger partial charge >= 0.3 is 0 Å². The van der Waals surface area contributed by atoms with Gasteiger partial charge in [-0.2, -0.15) is 0 Å². The van der Waals surface area contributed by atoms with Crippen LogP contribution in [0.25, 0.3) is 22.1 Å². The summed E-state index contributed by atoms with van der Waals surface area (Å²) in [6, 6.07) is 12.8. The molecular formula is C31H28FN7O2. The van der Waals surface area contributed by atoms with E-state index in [-0.39, 0.29) is 23.6 Å². The zero-order valence-corrected chi connectivity index (χ0v) is 22.7. The van der Waals surface area contributed by atoms with Crippen LogP contribution in [0.3, 0.4) is 0 Å². The first-order valence-electron chi connectivity index (χ1n) is 13.6. The molecule has 10 heteroatoms. The summed E-state index contributed by atoms with van der Waals surface area (Å²) in [6.07, 6.45) is 6.40. The van der Waals surface area contributed by atoms with Gasteiger partial charge < -0.3 is 19.5 Å². The highest BCUT2D eigenvalue weighted by atomic mass is 19.1. The predicted molar refractivity (Wildman–Crippen MR) is 154 cm³/mol. The minimum Gasteiger partial charge on any atom is -0.457 e. The van der Waals surface area contributed by atoms with Crippen molar-refractivity contribution in [3.8, 4) is 11.5 Å². The van der Waals surface area contributed by atoms with Gasteiger partial charge in [-0.1, -0.05) is 6.58 Å². The monoisotopic (exact) mass is 549 g/mol. The third kappa shape index (κ3) is 4.35. The van der Waals surface area contributed by atoms with Gasteiger partial charge in [-0.25, -0.2) is 24.3 Å². The van der Waals surface area contributed by atoms with Crippen LogP contribution in [0, 0.1) is 18.7 Å². The smallest absolute Gasteiger partial charge is 0.246 e. The standard InChI is InChI=1S/C31H28FN7O2/c1-4-29(40)39-14-18-10-19(39)11-21(18)23-6-7-24-30(36-23)31(34-15-33-24)37-25-9-17(2)28(13-22(25)32)41-20-5-8-27-26(12-20)35-16-38(27)3/h4-9,12-13,15-16,18-19,21H,1,10-11,14H2,2-3H3,(H,33,34,37)/t18-,19-,21+/m0/s1. The van der Waals surface area contributed by atoms with Gasteiger partial charge in [0, 0.05) is 43.4 Å². The van der Waals surface area contributed by atoms with Crippen molar-refractivity contribution in [1.29, 1.82) is 0 Å². The minimum absolute atomic E-state index is 0.00897. The second-order valence-corrected chi connectivity index (χ2v) is 10.8. The molecule has 2 bridgehead atoms. The molecule has 2 aliphatic rings. The lowest BCUT2D eigenvalue weighted by atomic mass is 9.90. The number of anilines is 2. The summed E-state index contributed by atoms with van der Waals surface area (Å²) < 4.78 is 23.3. The number of nitrogens with one attached hydrogen (secondary N) is 1. The van der Waals surface area contributed by atoms with Crippen LogP contribution in [0.15, 0.2) is 67.8 Å². The zero-order chi connectivity index (χ0) is 28.2. The summed E-state index contributed by atoms with van der Waals surface area (Å²) in [5, 5.41) is 3.13. The fraction of sp³-hybridized carbons (Fsp3) is 0.258. The highest BCUT2D eigenvalue weighted by molar-refractivity contribution is 5.88.